The molecule has 0 bridgehead atoms. The molecule has 0 aromatic heterocycles. The lowest BCUT2D eigenvalue weighted by molar-refractivity contribution is -0.145. The van der Waals surface area contributed by atoms with Crippen LogP contribution >= 0.6 is 11.6 Å². The molecule has 0 unspecified atom stereocenters. The average Bonchev–Trinajstić information content (AvgIpc) is 2.54. The van der Waals surface area contributed by atoms with E-state index in [1.807, 2.05) is 12.1 Å². The topological polar surface area (TPSA) is 55.8 Å². The van der Waals surface area contributed by atoms with Crippen LogP contribution in [0.15, 0.2) is 42.5 Å². The summed E-state index contributed by atoms with van der Waals surface area (Å²) < 4.78 is 10.8. The van der Waals surface area contributed by atoms with Crippen LogP contribution in [0, 0.1) is 0 Å². The number of carboxylic acids is 1. The zero-order valence-corrected chi connectivity index (χ0v) is 15.6. The van der Waals surface area contributed by atoms with Crippen LogP contribution in [-0.2, 0) is 16.6 Å². The fourth-order valence-electron chi connectivity index (χ4n) is 2.43. The summed E-state index contributed by atoms with van der Waals surface area (Å²) in [6.07, 6.45) is -0.787. The molecule has 1 N–H and O–H groups in total. The van der Waals surface area contributed by atoms with E-state index < -0.39 is 12.1 Å². The Morgan fingerprint density at radius 1 is 1.16 bits per heavy atom. The van der Waals surface area contributed by atoms with Crippen molar-refractivity contribution in [1.82, 2.24) is 0 Å². The van der Waals surface area contributed by atoms with Gasteiger partial charge in [0, 0.05) is 6.42 Å². The lowest BCUT2D eigenvalue weighted by Crippen LogP contribution is -2.29. The fraction of sp³-hybridized carbons (Fsp3) is 0.350. The number of rotatable bonds is 6. The van der Waals surface area contributed by atoms with Crippen molar-refractivity contribution in [3.05, 3.63) is 58.6 Å². The van der Waals surface area contributed by atoms with Crippen molar-refractivity contribution in [1.29, 1.82) is 0 Å². The monoisotopic (exact) mass is 362 g/mol. The molecular formula is C20H23ClO4. The first kappa shape index (κ1) is 19.1. The van der Waals surface area contributed by atoms with Gasteiger partial charge in [-0.25, -0.2) is 4.79 Å². The Bertz CT molecular complexity index is 732. The van der Waals surface area contributed by atoms with E-state index in [0.29, 0.717) is 16.5 Å². The largest absolute Gasteiger partial charge is 0.495 e. The lowest BCUT2D eigenvalue weighted by Gasteiger charge is -2.20. The highest BCUT2D eigenvalue weighted by atomic mass is 35.5. The van der Waals surface area contributed by atoms with Crippen LogP contribution in [0.25, 0.3) is 0 Å². The van der Waals surface area contributed by atoms with E-state index in [1.165, 1.54) is 7.11 Å². The summed E-state index contributed by atoms with van der Waals surface area (Å²) in [5.74, 6) is 0.0582. The molecule has 0 saturated carbocycles. The van der Waals surface area contributed by atoms with Crippen molar-refractivity contribution in [2.45, 2.75) is 38.7 Å². The Balaban J connectivity index is 2.13. The Labute approximate surface area is 153 Å². The van der Waals surface area contributed by atoms with Gasteiger partial charge >= 0.3 is 5.97 Å². The molecule has 0 heterocycles. The van der Waals surface area contributed by atoms with Crippen LogP contribution in [0.5, 0.6) is 11.5 Å². The van der Waals surface area contributed by atoms with Gasteiger partial charge in [0.25, 0.3) is 0 Å². The molecule has 25 heavy (non-hydrogen) atoms. The van der Waals surface area contributed by atoms with Crippen LogP contribution in [0.2, 0.25) is 5.02 Å². The van der Waals surface area contributed by atoms with Crippen LogP contribution in [0.3, 0.4) is 0 Å². The molecule has 0 spiro atoms. The normalized spacial score (nSPS) is 12.5. The summed E-state index contributed by atoms with van der Waals surface area (Å²) in [5, 5.41) is 9.91. The molecule has 0 aliphatic carbocycles. The maximum absolute atomic E-state index is 11.6. The molecule has 0 aliphatic rings. The van der Waals surface area contributed by atoms with Crippen LogP contribution in [0.1, 0.15) is 31.9 Å². The van der Waals surface area contributed by atoms with Gasteiger partial charge in [0.15, 0.2) is 6.10 Å². The molecule has 2 rings (SSSR count). The van der Waals surface area contributed by atoms with Gasteiger partial charge in [-0.05, 0) is 40.8 Å². The number of ether oxygens (including phenoxy) is 2. The Kier molecular flexibility index (Phi) is 5.96. The van der Waals surface area contributed by atoms with Gasteiger partial charge in [-0.15, -0.1) is 0 Å². The first-order chi connectivity index (χ1) is 11.7. The predicted octanol–water partition coefficient (Wildman–Crippen LogP) is 4.72. The van der Waals surface area contributed by atoms with E-state index in [4.69, 9.17) is 21.1 Å². The van der Waals surface area contributed by atoms with Crippen LogP contribution in [0.4, 0.5) is 0 Å². The third kappa shape index (κ3) is 5.13. The minimum Gasteiger partial charge on any atom is -0.495 e. The number of hydrogen-bond acceptors (Lipinski definition) is 3. The molecule has 0 saturated heterocycles. The molecule has 4 nitrogen and oxygen atoms in total. The Hall–Kier alpha value is -2.20. The van der Waals surface area contributed by atoms with Gasteiger partial charge in [-0.2, -0.15) is 0 Å². The highest BCUT2D eigenvalue weighted by Gasteiger charge is 2.21. The first-order valence-electron chi connectivity index (χ1n) is 8.03. The SMILES string of the molecule is COc1ccc(C[C@H](Oc2ccc(C(C)(C)C)cc2)C(=O)O)cc1Cl. The van der Waals surface area contributed by atoms with Crippen molar-refractivity contribution < 1.29 is 19.4 Å². The van der Waals surface area contributed by atoms with Gasteiger partial charge < -0.3 is 14.6 Å². The van der Waals surface area contributed by atoms with Crippen LogP contribution < -0.4 is 9.47 Å². The summed E-state index contributed by atoms with van der Waals surface area (Å²) in [5.41, 5.74) is 1.96. The van der Waals surface area contributed by atoms with Gasteiger partial charge in [0.1, 0.15) is 11.5 Å². The summed E-state index contributed by atoms with van der Waals surface area (Å²) in [7, 11) is 1.53. The maximum atomic E-state index is 11.6. The van der Waals surface area contributed by atoms with Crippen LogP contribution in [-0.4, -0.2) is 24.3 Å². The Morgan fingerprint density at radius 2 is 1.80 bits per heavy atom. The van der Waals surface area contributed by atoms with Crippen molar-refractivity contribution in [3.63, 3.8) is 0 Å². The molecule has 5 heteroatoms. The van der Waals surface area contributed by atoms with Crippen molar-refractivity contribution in [2.24, 2.45) is 0 Å². The molecular weight excluding hydrogens is 340 g/mol. The van der Waals surface area contributed by atoms with E-state index in [1.54, 1.807) is 30.3 Å². The number of hydrogen-bond donors (Lipinski definition) is 1. The second-order valence-corrected chi connectivity index (χ2v) is 7.30. The first-order valence-corrected chi connectivity index (χ1v) is 8.41. The summed E-state index contributed by atoms with van der Waals surface area (Å²) in [4.78, 5) is 11.6. The highest BCUT2D eigenvalue weighted by Crippen LogP contribution is 2.27. The lowest BCUT2D eigenvalue weighted by atomic mass is 9.87. The third-order valence-electron chi connectivity index (χ3n) is 3.91. The number of halogens is 1. The van der Waals surface area contributed by atoms with Crippen molar-refractivity contribution >= 4 is 17.6 Å². The summed E-state index contributed by atoms with van der Waals surface area (Å²) in [6, 6.07) is 12.7. The predicted molar refractivity (Wildman–Crippen MR) is 98.9 cm³/mol. The van der Waals surface area contributed by atoms with Gasteiger partial charge in [-0.3, -0.25) is 0 Å². The molecule has 2 aromatic rings. The minimum atomic E-state index is -1.02. The second-order valence-electron chi connectivity index (χ2n) is 6.89. The number of carbonyl (C=O) groups is 1. The number of carboxylic acid groups (broad SMARTS) is 1. The molecule has 2 aromatic carbocycles. The fourth-order valence-corrected chi connectivity index (χ4v) is 2.71. The number of aliphatic carboxylic acids is 1. The maximum Gasteiger partial charge on any atom is 0.345 e. The van der Waals surface area contributed by atoms with Gasteiger partial charge in [0.05, 0.1) is 12.1 Å². The average molecular weight is 363 g/mol. The molecule has 0 amide bonds. The third-order valence-corrected chi connectivity index (χ3v) is 4.21. The molecule has 1 atom stereocenters. The quantitative estimate of drug-likeness (QED) is 0.807. The zero-order valence-electron chi connectivity index (χ0n) is 14.9. The van der Waals surface area contributed by atoms with Gasteiger partial charge in [-0.1, -0.05) is 50.6 Å². The molecule has 0 fully saturated rings. The standard InChI is InChI=1S/C20H23ClO4/c1-20(2,3)14-6-8-15(9-7-14)25-18(19(22)23)12-13-5-10-17(24-4)16(21)11-13/h5-11,18H,12H2,1-4H3,(H,22,23)/t18-/m0/s1. The second kappa shape index (κ2) is 7.79. The van der Waals surface area contributed by atoms with Crippen molar-refractivity contribution in [2.75, 3.05) is 7.11 Å². The Morgan fingerprint density at radius 3 is 2.28 bits per heavy atom. The molecule has 0 aliphatic heterocycles. The highest BCUT2D eigenvalue weighted by molar-refractivity contribution is 6.32. The minimum absolute atomic E-state index is 0.0323. The number of benzene rings is 2. The van der Waals surface area contributed by atoms with E-state index in [-0.39, 0.29) is 11.8 Å². The molecule has 0 radical (unpaired) electrons. The van der Waals surface area contributed by atoms with Gasteiger partial charge in [0.2, 0.25) is 0 Å². The van der Waals surface area contributed by atoms with Crippen molar-refractivity contribution in [3.8, 4) is 11.5 Å². The van der Waals surface area contributed by atoms with E-state index in [9.17, 15) is 9.90 Å². The smallest absolute Gasteiger partial charge is 0.345 e. The summed E-state index contributed by atoms with van der Waals surface area (Å²) in [6.45, 7) is 6.36. The van der Waals surface area contributed by atoms with E-state index >= 15 is 0 Å². The zero-order chi connectivity index (χ0) is 18.6. The summed E-state index contributed by atoms with van der Waals surface area (Å²) >= 11 is 6.10. The number of methoxy groups -OCH3 is 1. The molecule has 134 valence electrons. The van der Waals surface area contributed by atoms with E-state index in [0.717, 1.165) is 11.1 Å². The van der Waals surface area contributed by atoms with E-state index in [2.05, 4.69) is 20.8 Å².